The molecule has 0 fully saturated rings. The molecule has 1 aliphatic rings. The Labute approximate surface area is 102 Å². The summed E-state index contributed by atoms with van der Waals surface area (Å²) in [5.74, 6) is 0.947. The maximum absolute atomic E-state index is 5.42. The molecule has 1 N–H and O–H groups in total. The van der Waals surface area contributed by atoms with Crippen LogP contribution in [0.1, 0.15) is 25.5 Å². The summed E-state index contributed by atoms with van der Waals surface area (Å²) in [5, 5.41) is 4.34. The Hall–Kier alpha value is -1.77. The molecule has 3 nitrogen and oxygen atoms in total. The molecule has 3 heteroatoms. The van der Waals surface area contributed by atoms with Crippen LogP contribution in [0, 0.1) is 5.92 Å². The summed E-state index contributed by atoms with van der Waals surface area (Å²) in [5.41, 5.74) is 5.32. The van der Waals surface area contributed by atoms with E-state index in [1.54, 1.807) is 0 Å². The highest BCUT2D eigenvalue weighted by atomic mass is 16.5. The lowest BCUT2D eigenvalue weighted by molar-refractivity contribution is 0.249. The van der Waals surface area contributed by atoms with Crippen molar-refractivity contribution in [1.82, 2.24) is 5.43 Å². The van der Waals surface area contributed by atoms with E-state index < -0.39 is 0 Å². The van der Waals surface area contributed by atoms with Gasteiger partial charge in [0.15, 0.2) is 0 Å². The van der Waals surface area contributed by atoms with E-state index in [0.29, 0.717) is 12.4 Å². The number of hydrogen-bond donors (Lipinski definition) is 1. The molecule has 2 rings (SSSR count). The number of hydrazone groups is 1. The van der Waals surface area contributed by atoms with Gasteiger partial charge in [-0.3, -0.25) is 0 Å². The van der Waals surface area contributed by atoms with Gasteiger partial charge in [-0.15, -0.1) is 0 Å². The quantitative estimate of drug-likeness (QED) is 0.807. The third kappa shape index (κ3) is 2.33. The van der Waals surface area contributed by atoms with Crippen LogP contribution in [0.5, 0.6) is 0 Å². The molecule has 17 heavy (non-hydrogen) atoms. The Bertz CT molecular complexity index is 425. The minimum Gasteiger partial charge on any atom is -0.493 e. The fourth-order valence-electron chi connectivity index (χ4n) is 2.10. The van der Waals surface area contributed by atoms with E-state index in [0.717, 1.165) is 5.71 Å². The average Bonchev–Trinajstić information content (AvgIpc) is 2.72. The van der Waals surface area contributed by atoms with Crippen LogP contribution in [0.15, 0.2) is 47.8 Å². The largest absolute Gasteiger partial charge is 0.493 e. The molecular weight excluding hydrogens is 212 g/mol. The molecule has 0 amide bonds. The highest BCUT2D eigenvalue weighted by molar-refractivity contribution is 6.00. The first-order valence-corrected chi connectivity index (χ1v) is 5.94. The third-order valence-corrected chi connectivity index (χ3v) is 3.02. The lowest BCUT2D eigenvalue weighted by Gasteiger charge is -2.17. The SMILES string of the molecule is C=C(OCC)C1=NNC(c2ccccc2)C1C. The standard InChI is InChI=1S/C14H18N2O/c1-4-17-11(3)13-10(2)14(16-15-13)12-8-6-5-7-9-12/h5-10,14,16H,3-4H2,1-2H3. The van der Waals surface area contributed by atoms with Gasteiger partial charge in [0.25, 0.3) is 0 Å². The van der Waals surface area contributed by atoms with Crippen molar-refractivity contribution in [3.63, 3.8) is 0 Å². The van der Waals surface area contributed by atoms with Crippen LogP contribution in [0.25, 0.3) is 0 Å². The van der Waals surface area contributed by atoms with E-state index in [2.05, 4.69) is 36.2 Å². The molecule has 2 unspecified atom stereocenters. The third-order valence-electron chi connectivity index (χ3n) is 3.02. The molecule has 0 radical (unpaired) electrons. The number of nitrogens with zero attached hydrogens (tertiary/aromatic N) is 1. The first kappa shape index (κ1) is 11.7. The fourth-order valence-corrected chi connectivity index (χ4v) is 2.10. The molecule has 1 aliphatic heterocycles. The van der Waals surface area contributed by atoms with Crippen molar-refractivity contribution in [1.29, 1.82) is 0 Å². The molecular formula is C14H18N2O. The van der Waals surface area contributed by atoms with E-state index in [1.807, 2.05) is 25.1 Å². The summed E-state index contributed by atoms with van der Waals surface area (Å²) in [4.78, 5) is 0. The van der Waals surface area contributed by atoms with Gasteiger partial charge in [0, 0.05) is 5.92 Å². The Balaban J connectivity index is 2.11. The van der Waals surface area contributed by atoms with E-state index >= 15 is 0 Å². The van der Waals surface area contributed by atoms with E-state index in [1.165, 1.54) is 5.56 Å². The van der Waals surface area contributed by atoms with Gasteiger partial charge in [-0.05, 0) is 12.5 Å². The monoisotopic (exact) mass is 230 g/mol. The number of nitrogens with one attached hydrogen (secondary N) is 1. The number of hydrogen-bond acceptors (Lipinski definition) is 3. The topological polar surface area (TPSA) is 33.6 Å². The predicted octanol–water partition coefficient (Wildman–Crippen LogP) is 2.87. The first-order chi connectivity index (χ1) is 8.24. The van der Waals surface area contributed by atoms with Crippen LogP contribution in [0.2, 0.25) is 0 Å². The summed E-state index contributed by atoms with van der Waals surface area (Å²) in [6, 6.07) is 10.5. The first-order valence-electron chi connectivity index (χ1n) is 5.94. The van der Waals surface area contributed by atoms with Crippen molar-refractivity contribution < 1.29 is 4.74 Å². The molecule has 0 aromatic heterocycles. The van der Waals surface area contributed by atoms with Crippen molar-refractivity contribution >= 4 is 5.71 Å². The maximum atomic E-state index is 5.42. The highest BCUT2D eigenvalue weighted by Gasteiger charge is 2.30. The molecule has 2 atom stereocenters. The molecule has 90 valence electrons. The summed E-state index contributed by atoms with van der Waals surface area (Å²) < 4.78 is 5.42. The molecule has 1 aromatic rings. The van der Waals surface area contributed by atoms with Gasteiger partial charge in [-0.25, -0.2) is 0 Å². The zero-order valence-corrected chi connectivity index (χ0v) is 10.3. The Morgan fingerprint density at radius 2 is 2.12 bits per heavy atom. The lowest BCUT2D eigenvalue weighted by atomic mass is 9.92. The van der Waals surface area contributed by atoms with E-state index in [-0.39, 0.29) is 12.0 Å². The second kappa shape index (κ2) is 5.04. The second-order valence-electron chi connectivity index (χ2n) is 4.16. The Kier molecular flexibility index (Phi) is 3.47. The van der Waals surface area contributed by atoms with Crippen molar-refractivity contribution in [2.75, 3.05) is 6.61 Å². The van der Waals surface area contributed by atoms with Crippen LogP contribution in [-0.4, -0.2) is 12.3 Å². The van der Waals surface area contributed by atoms with Gasteiger partial charge >= 0.3 is 0 Å². The molecule has 0 spiro atoms. The summed E-state index contributed by atoms with van der Waals surface area (Å²) in [7, 11) is 0. The van der Waals surface area contributed by atoms with Gasteiger partial charge in [-0.2, -0.15) is 5.10 Å². The van der Waals surface area contributed by atoms with Crippen molar-refractivity contribution in [3.05, 3.63) is 48.2 Å². The van der Waals surface area contributed by atoms with Gasteiger partial charge < -0.3 is 10.2 Å². The summed E-state index contributed by atoms with van der Waals surface area (Å²) in [6.45, 7) is 8.63. The van der Waals surface area contributed by atoms with Crippen LogP contribution in [0.3, 0.4) is 0 Å². The summed E-state index contributed by atoms with van der Waals surface area (Å²) in [6.07, 6.45) is 0. The Morgan fingerprint density at radius 1 is 1.41 bits per heavy atom. The zero-order chi connectivity index (χ0) is 12.3. The predicted molar refractivity (Wildman–Crippen MR) is 69.7 cm³/mol. The van der Waals surface area contributed by atoms with Crippen LogP contribution in [0.4, 0.5) is 0 Å². The van der Waals surface area contributed by atoms with Gasteiger partial charge in [0.1, 0.15) is 11.5 Å². The average molecular weight is 230 g/mol. The lowest BCUT2D eigenvalue weighted by Crippen LogP contribution is -2.20. The smallest absolute Gasteiger partial charge is 0.135 e. The molecule has 0 saturated heterocycles. The zero-order valence-electron chi connectivity index (χ0n) is 10.3. The normalized spacial score (nSPS) is 22.8. The number of ether oxygens (including phenoxy) is 1. The van der Waals surface area contributed by atoms with E-state index in [4.69, 9.17) is 4.74 Å². The molecule has 0 bridgehead atoms. The maximum Gasteiger partial charge on any atom is 0.135 e. The van der Waals surface area contributed by atoms with E-state index in [9.17, 15) is 0 Å². The van der Waals surface area contributed by atoms with Crippen LogP contribution < -0.4 is 5.43 Å². The van der Waals surface area contributed by atoms with Gasteiger partial charge in [0.2, 0.25) is 0 Å². The number of rotatable bonds is 4. The Morgan fingerprint density at radius 3 is 2.76 bits per heavy atom. The van der Waals surface area contributed by atoms with Crippen molar-refractivity contribution in [2.24, 2.45) is 11.0 Å². The van der Waals surface area contributed by atoms with Crippen LogP contribution in [-0.2, 0) is 4.74 Å². The molecule has 1 aromatic carbocycles. The minimum atomic E-state index is 0.211. The molecule has 0 aliphatic carbocycles. The van der Waals surface area contributed by atoms with Gasteiger partial charge in [0.05, 0.1) is 12.6 Å². The minimum absolute atomic E-state index is 0.211. The van der Waals surface area contributed by atoms with Gasteiger partial charge in [-0.1, -0.05) is 43.8 Å². The second-order valence-corrected chi connectivity index (χ2v) is 4.16. The fraction of sp³-hybridized carbons (Fsp3) is 0.357. The summed E-state index contributed by atoms with van der Waals surface area (Å²) >= 11 is 0. The van der Waals surface area contributed by atoms with Crippen molar-refractivity contribution in [3.8, 4) is 0 Å². The van der Waals surface area contributed by atoms with Crippen LogP contribution >= 0.6 is 0 Å². The number of benzene rings is 1. The molecule has 1 heterocycles. The highest BCUT2D eigenvalue weighted by Crippen LogP contribution is 2.29. The van der Waals surface area contributed by atoms with Crippen molar-refractivity contribution in [2.45, 2.75) is 19.9 Å². The molecule has 0 saturated carbocycles. The number of allylic oxidation sites excluding steroid dienone is 1.